The molecule has 3 rings (SSSR count). The molecule has 0 bridgehead atoms. The monoisotopic (exact) mass is 394 g/mol. The summed E-state index contributed by atoms with van der Waals surface area (Å²) in [7, 11) is 0. The topological polar surface area (TPSA) is 94.9 Å². The summed E-state index contributed by atoms with van der Waals surface area (Å²) in [6.45, 7) is 0. The summed E-state index contributed by atoms with van der Waals surface area (Å²) in [5, 5.41) is 13.9. The van der Waals surface area contributed by atoms with Crippen molar-refractivity contribution in [3.63, 3.8) is 0 Å². The first-order chi connectivity index (χ1) is 13.5. The van der Waals surface area contributed by atoms with E-state index in [-0.39, 0.29) is 16.4 Å². The molecule has 0 unspecified atom stereocenters. The summed E-state index contributed by atoms with van der Waals surface area (Å²) in [6.07, 6.45) is 0. The van der Waals surface area contributed by atoms with Crippen LogP contribution < -0.4 is 10.6 Å². The first kappa shape index (κ1) is 19.0. The highest BCUT2D eigenvalue weighted by Crippen LogP contribution is 2.20. The molecule has 0 radical (unpaired) electrons. The van der Waals surface area contributed by atoms with Crippen molar-refractivity contribution in [3.8, 4) is 6.07 Å². The Balaban J connectivity index is 1.75. The lowest BCUT2D eigenvalue weighted by Crippen LogP contribution is -2.18. The Bertz CT molecular complexity index is 1110. The fourth-order valence-corrected chi connectivity index (χ4v) is 2.50. The second kappa shape index (κ2) is 8.29. The molecule has 0 aliphatic rings. The number of nitrogens with zero attached hydrogens (tertiary/aromatic N) is 2. The third-order valence-corrected chi connectivity index (χ3v) is 3.93. The summed E-state index contributed by atoms with van der Waals surface area (Å²) in [4.78, 5) is 28.8. The van der Waals surface area contributed by atoms with Crippen LogP contribution >= 0.6 is 11.6 Å². The second-order valence-electron chi connectivity index (χ2n) is 5.64. The smallest absolute Gasteiger partial charge is 0.274 e. The molecule has 2 N–H and O–H groups in total. The lowest BCUT2D eigenvalue weighted by Gasteiger charge is -2.08. The van der Waals surface area contributed by atoms with Crippen molar-refractivity contribution in [2.24, 2.45) is 0 Å². The van der Waals surface area contributed by atoms with Gasteiger partial charge in [0.2, 0.25) is 0 Å². The van der Waals surface area contributed by atoms with E-state index in [4.69, 9.17) is 16.9 Å². The van der Waals surface area contributed by atoms with Gasteiger partial charge in [0.1, 0.15) is 17.2 Å². The Labute approximate surface area is 164 Å². The molecule has 28 heavy (non-hydrogen) atoms. The molecule has 3 aromatic rings. The zero-order valence-corrected chi connectivity index (χ0v) is 15.0. The molecule has 0 spiro atoms. The molecule has 8 heteroatoms. The molecule has 2 amide bonds. The van der Waals surface area contributed by atoms with Gasteiger partial charge in [-0.3, -0.25) is 9.59 Å². The van der Waals surface area contributed by atoms with Gasteiger partial charge in [-0.15, -0.1) is 0 Å². The van der Waals surface area contributed by atoms with E-state index in [0.29, 0.717) is 16.9 Å². The number of hydrogen-bond donors (Lipinski definition) is 2. The maximum Gasteiger partial charge on any atom is 0.274 e. The van der Waals surface area contributed by atoms with Crippen LogP contribution in [0, 0.1) is 17.1 Å². The molecule has 1 heterocycles. The van der Waals surface area contributed by atoms with Gasteiger partial charge in [0.05, 0.1) is 16.7 Å². The molecule has 0 saturated carbocycles. The van der Waals surface area contributed by atoms with Gasteiger partial charge in [-0.1, -0.05) is 23.7 Å². The molecule has 138 valence electrons. The van der Waals surface area contributed by atoms with Gasteiger partial charge in [-0.05, 0) is 48.5 Å². The zero-order chi connectivity index (χ0) is 20.1. The van der Waals surface area contributed by atoms with Crippen molar-refractivity contribution in [2.45, 2.75) is 0 Å². The van der Waals surface area contributed by atoms with Gasteiger partial charge in [0, 0.05) is 11.4 Å². The number of pyridine rings is 1. The number of carbonyl (C=O) groups excluding carboxylic acids is 2. The standard InChI is InChI=1S/C20H12ClFN4O2/c21-15-10-14(7-8-16(15)22)25-20(28)18-6-2-5-17(26-18)19(27)24-13-4-1-3-12(9-13)11-23/h1-10H,(H,24,27)(H,25,28). The summed E-state index contributed by atoms with van der Waals surface area (Å²) < 4.78 is 13.2. The number of nitrogens with one attached hydrogen (secondary N) is 2. The number of carbonyl (C=O) groups is 2. The SMILES string of the molecule is N#Cc1cccc(NC(=O)c2cccc(C(=O)Nc3ccc(F)c(Cl)c3)n2)c1. The van der Waals surface area contributed by atoms with Crippen LogP contribution in [0.2, 0.25) is 5.02 Å². The number of aromatic nitrogens is 1. The molecule has 0 atom stereocenters. The molecular formula is C20H12ClFN4O2. The first-order valence-corrected chi connectivity index (χ1v) is 8.39. The quantitative estimate of drug-likeness (QED) is 0.691. The van der Waals surface area contributed by atoms with Crippen molar-refractivity contribution in [1.29, 1.82) is 5.26 Å². The van der Waals surface area contributed by atoms with Crippen LogP contribution in [0.25, 0.3) is 0 Å². The van der Waals surface area contributed by atoms with Gasteiger partial charge in [-0.25, -0.2) is 9.37 Å². The number of nitriles is 1. The van der Waals surface area contributed by atoms with Gasteiger partial charge < -0.3 is 10.6 Å². The van der Waals surface area contributed by atoms with Crippen LogP contribution in [0.4, 0.5) is 15.8 Å². The minimum atomic E-state index is -0.600. The van der Waals surface area contributed by atoms with Crippen LogP contribution in [0.3, 0.4) is 0 Å². The Kier molecular flexibility index (Phi) is 5.63. The summed E-state index contributed by atoms with van der Waals surface area (Å²) >= 11 is 5.69. The van der Waals surface area contributed by atoms with E-state index in [1.807, 2.05) is 6.07 Å². The van der Waals surface area contributed by atoms with Crippen LogP contribution in [-0.2, 0) is 0 Å². The molecular weight excluding hydrogens is 383 g/mol. The number of amides is 2. The van der Waals surface area contributed by atoms with E-state index >= 15 is 0 Å². The van der Waals surface area contributed by atoms with Gasteiger partial charge >= 0.3 is 0 Å². The van der Waals surface area contributed by atoms with Gasteiger partial charge in [-0.2, -0.15) is 5.26 Å². The second-order valence-corrected chi connectivity index (χ2v) is 6.05. The van der Waals surface area contributed by atoms with Gasteiger partial charge in [0.15, 0.2) is 0 Å². The number of anilines is 2. The predicted octanol–water partition coefficient (Wildman–Crippen LogP) is 4.25. The van der Waals surface area contributed by atoms with Crippen LogP contribution in [-0.4, -0.2) is 16.8 Å². The van der Waals surface area contributed by atoms with E-state index in [9.17, 15) is 14.0 Å². The highest BCUT2D eigenvalue weighted by Gasteiger charge is 2.14. The van der Waals surface area contributed by atoms with E-state index in [1.54, 1.807) is 18.2 Å². The lowest BCUT2D eigenvalue weighted by molar-refractivity contribution is 0.101. The molecule has 2 aromatic carbocycles. The summed E-state index contributed by atoms with van der Waals surface area (Å²) in [5.74, 6) is -1.71. The highest BCUT2D eigenvalue weighted by atomic mass is 35.5. The van der Waals surface area contributed by atoms with Crippen LogP contribution in [0.1, 0.15) is 26.5 Å². The zero-order valence-electron chi connectivity index (χ0n) is 14.2. The van der Waals surface area contributed by atoms with Crippen molar-refractivity contribution in [1.82, 2.24) is 4.98 Å². The third kappa shape index (κ3) is 4.50. The van der Waals surface area contributed by atoms with Crippen LogP contribution in [0.5, 0.6) is 0 Å². The van der Waals surface area contributed by atoms with Crippen LogP contribution in [0.15, 0.2) is 60.7 Å². The maximum absolute atomic E-state index is 13.2. The van der Waals surface area contributed by atoms with E-state index < -0.39 is 17.6 Å². The van der Waals surface area contributed by atoms with E-state index in [0.717, 1.165) is 6.07 Å². The van der Waals surface area contributed by atoms with Crippen molar-refractivity contribution in [2.75, 3.05) is 10.6 Å². The first-order valence-electron chi connectivity index (χ1n) is 8.01. The lowest BCUT2D eigenvalue weighted by atomic mass is 10.2. The fourth-order valence-electron chi connectivity index (χ4n) is 2.32. The third-order valence-electron chi connectivity index (χ3n) is 3.64. The van der Waals surface area contributed by atoms with Gasteiger partial charge in [0.25, 0.3) is 11.8 Å². The number of halogens is 2. The normalized spacial score (nSPS) is 10.0. The fraction of sp³-hybridized carbons (Fsp3) is 0. The Morgan fingerprint density at radius 3 is 2.14 bits per heavy atom. The molecule has 0 aliphatic heterocycles. The number of rotatable bonds is 4. The van der Waals surface area contributed by atoms with Crippen molar-refractivity contribution >= 4 is 34.8 Å². The highest BCUT2D eigenvalue weighted by molar-refractivity contribution is 6.31. The Hall–Kier alpha value is -3.76. The largest absolute Gasteiger partial charge is 0.321 e. The average Bonchev–Trinajstić information content (AvgIpc) is 2.71. The van der Waals surface area contributed by atoms with E-state index in [2.05, 4.69) is 15.6 Å². The maximum atomic E-state index is 13.2. The summed E-state index contributed by atoms with van der Waals surface area (Å²) in [5.41, 5.74) is 1.14. The predicted molar refractivity (Wildman–Crippen MR) is 103 cm³/mol. The minimum Gasteiger partial charge on any atom is -0.321 e. The van der Waals surface area contributed by atoms with E-state index in [1.165, 1.54) is 36.4 Å². The molecule has 0 fully saturated rings. The Morgan fingerprint density at radius 2 is 1.54 bits per heavy atom. The molecule has 0 saturated heterocycles. The van der Waals surface area contributed by atoms with Crippen molar-refractivity contribution < 1.29 is 14.0 Å². The van der Waals surface area contributed by atoms with Crippen molar-refractivity contribution in [3.05, 3.63) is 88.5 Å². The number of benzene rings is 2. The molecule has 0 aliphatic carbocycles. The average molecular weight is 395 g/mol. The summed E-state index contributed by atoms with van der Waals surface area (Å²) in [6, 6.07) is 16.6. The minimum absolute atomic E-state index is 0.00104. The molecule has 6 nitrogen and oxygen atoms in total. The Morgan fingerprint density at radius 1 is 0.929 bits per heavy atom. The number of hydrogen-bond acceptors (Lipinski definition) is 4. The molecule has 1 aromatic heterocycles.